The summed E-state index contributed by atoms with van der Waals surface area (Å²) in [7, 11) is 0. The number of β-amino-alcohol motifs (C(OH)–C–C–N with tert-alkyl or cyclic N) is 1. The topological polar surface area (TPSA) is 204 Å². The van der Waals surface area contributed by atoms with E-state index in [4.69, 9.17) is 16.3 Å². The van der Waals surface area contributed by atoms with Crippen molar-refractivity contribution in [3.05, 3.63) is 95.4 Å². The Morgan fingerprint density at radius 2 is 1.80 bits per heavy atom. The van der Waals surface area contributed by atoms with Crippen LogP contribution in [0.2, 0.25) is 0 Å². The van der Waals surface area contributed by atoms with Gasteiger partial charge in [0.05, 0.1) is 46.2 Å². The van der Waals surface area contributed by atoms with E-state index in [1.165, 1.54) is 35.4 Å². The first-order chi connectivity index (χ1) is 30.9. The zero-order valence-electron chi connectivity index (χ0n) is 36.1. The van der Waals surface area contributed by atoms with E-state index in [1.54, 1.807) is 35.2 Å². The van der Waals surface area contributed by atoms with Crippen LogP contribution in [0, 0.1) is 12.3 Å². The minimum absolute atomic E-state index is 0.0271. The number of rotatable bonds is 16. The Hall–Kier alpha value is -6.02. The number of amides is 4. The number of alkyl halides is 3. The van der Waals surface area contributed by atoms with Crippen molar-refractivity contribution in [1.29, 1.82) is 0 Å². The number of benzene rings is 2. The number of H-pyrrole nitrogens is 1. The minimum Gasteiger partial charge on any atom is -0.420 e. The number of hydrogen-bond acceptors (Lipinski definition) is 12. The molecule has 0 radical (unpaired) electrons. The maximum Gasteiger partial charge on any atom is 0.487 e. The molecule has 3 aromatic heterocycles. The normalized spacial score (nSPS) is 18.1. The van der Waals surface area contributed by atoms with Crippen LogP contribution in [0.4, 0.5) is 20.3 Å². The molecule has 2 aliphatic rings. The highest BCUT2D eigenvalue weighted by molar-refractivity contribution is 7.13. The fourth-order valence-corrected chi connectivity index (χ4v) is 8.67. The number of thiazole rings is 1. The lowest BCUT2D eigenvalue weighted by Crippen LogP contribution is -2.57. The van der Waals surface area contributed by atoms with Crippen LogP contribution >= 0.6 is 22.9 Å². The number of aromatic nitrogens is 4. The van der Waals surface area contributed by atoms with Crippen LogP contribution in [0.5, 0.6) is 5.75 Å². The van der Waals surface area contributed by atoms with Gasteiger partial charge in [-0.05, 0) is 66.3 Å². The van der Waals surface area contributed by atoms with Crippen molar-refractivity contribution in [2.75, 3.05) is 36.5 Å². The number of aliphatic hydroxyl groups is 1. The summed E-state index contributed by atoms with van der Waals surface area (Å²) in [6.45, 7) is 8.73. The molecular weight excluding hydrogens is 884 g/mol. The van der Waals surface area contributed by atoms with Crippen molar-refractivity contribution in [1.82, 2.24) is 35.7 Å². The summed E-state index contributed by atoms with van der Waals surface area (Å²) in [5, 5.41) is 26.1. The zero-order valence-corrected chi connectivity index (χ0v) is 37.7. The molecule has 2 fully saturated rings. The fourth-order valence-electron chi connectivity index (χ4n) is 7.77. The Morgan fingerprint density at radius 1 is 1.05 bits per heavy atom. The Labute approximate surface area is 383 Å². The average molecular weight is 934 g/mol. The van der Waals surface area contributed by atoms with Crippen LogP contribution in [0.3, 0.4) is 0 Å². The van der Waals surface area contributed by atoms with Gasteiger partial charge in [-0.1, -0.05) is 45.0 Å². The molecule has 0 aliphatic carbocycles. The molecule has 16 nitrogen and oxygen atoms in total. The highest BCUT2D eigenvalue weighted by atomic mass is 35.5. The monoisotopic (exact) mass is 933 g/mol. The molecule has 5 heterocycles. The van der Waals surface area contributed by atoms with Gasteiger partial charge in [-0.3, -0.25) is 24.3 Å². The molecule has 2 aliphatic heterocycles. The molecule has 5 N–H and O–H groups in total. The molecular formula is C45H50ClF2N9O7S. The number of aryl methyl sites for hydroxylation is 1. The number of nitrogens with zero attached hydrogens (tertiary/aromatic N) is 5. The Kier molecular flexibility index (Phi) is 14.5. The van der Waals surface area contributed by atoms with Crippen LogP contribution in [0.1, 0.15) is 61.6 Å². The summed E-state index contributed by atoms with van der Waals surface area (Å²) in [5.41, 5.74) is 1.86. The lowest BCUT2D eigenvalue weighted by Gasteiger charge is -2.35. The molecule has 0 saturated carbocycles. The number of hydrogen-bond donors (Lipinski definition) is 5. The quantitative estimate of drug-likeness (QED) is 0.0714. The number of anilines is 2. The Morgan fingerprint density at radius 3 is 2.46 bits per heavy atom. The average Bonchev–Trinajstić information content (AvgIpc) is 4.10. The minimum atomic E-state index is -3.87. The summed E-state index contributed by atoms with van der Waals surface area (Å²) in [4.78, 5) is 67.6. The first-order valence-corrected chi connectivity index (χ1v) is 22.3. The molecule has 4 amide bonds. The van der Waals surface area contributed by atoms with Gasteiger partial charge in [-0.2, -0.15) is 5.10 Å². The number of likely N-dealkylation sites (tertiary alicyclic amines) is 1. The van der Waals surface area contributed by atoms with Crippen molar-refractivity contribution in [2.24, 2.45) is 5.41 Å². The summed E-state index contributed by atoms with van der Waals surface area (Å²) >= 11 is 6.40. The first-order valence-electron chi connectivity index (χ1n) is 21.0. The molecule has 0 bridgehead atoms. The molecule has 20 heteroatoms. The molecule has 2 saturated heterocycles. The van der Waals surface area contributed by atoms with Crippen LogP contribution < -0.4 is 25.6 Å². The lowest BCUT2D eigenvalue weighted by molar-refractivity contribution is -0.144. The third kappa shape index (κ3) is 12.0. The van der Waals surface area contributed by atoms with E-state index >= 15 is 0 Å². The van der Waals surface area contributed by atoms with Gasteiger partial charge in [0.2, 0.25) is 17.7 Å². The third-order valence-corrected chi connectivity index (χ3v) is 12.2. The fraction of sp³-hybridized carbons (Fsp3) is 0.400. The molecule has 2 aromatic carbocycles. The van der Waals surface area contributed by atoms with Gasteiger partial charge in [0.1, 0.15) is 23.7 Å². The smallest absolute Gasteiger partial charge is 0.420 e. The van der Waals surface area contributed by atoms with Gasteiger partial charge in [-0.25, -0.2) is 9.97 Å². The Balaban J connectivity index is 0.913. The molecule has 5 aromatic rings. The number of carbonyl (C=O) groups excluding carboxylic acids is 4. The van der Waals surface area contributed by atoms with E-state index in [-0.39, 0.29) is 55.9 Å². The standard InChI is InChI=1S/C45H50ClF2N9O7S/c1-26-38(65-25-51-26)28-7-5-27(6-8-28)21-50-42(61)36-20-31(58)23-57(36)43(62)39(44(2,3)4)54-37(59)15-18-63-33-14-17-56(24-33)40-34(35-13-16-52-55-35)19-29(22-49-40)41(60)53-30-9-11-32(12-10-30)64-45(46,47)48/h5-13,16,19,22,25,31,33,36,39,58H,14-15,17-18,20-21,23-24H2,1-4H3,(H,50,61)(H,52,55)(H,53,60)(H,54,59)/t31-,33+,36+,39-/m1/s1. The van der Waals surface area contributed by atoms with Crippen LogP contribution in [0.25, 0.3) is 21.7 Å². The number of ether oxygens (including phenoxy) is 2. The number of aliphatic hydroxyl groups excluding tert-OH is 1. The van der Waals surface area contributed by atoms with Crippen molar-refractivity contribution >= 4 is 58.1 Å². The maximum atomic E-state index is 14.1. The van der Waals surface area contributed by atoms with Gasteiger partial charge >= 0.3 is 5.57 Å². The largest absolute Gasteiger partial charge is 0.487 e. The van der Waals surface area contributed by atoms with E-state index in [1.807, 2.05) is 56.9 Å². The molecule has 344 valence electrons. The summed E-state index contributed by atoms with van der Waals surface area (Å²) in [6.07, 6.45) is 2.55. The maximum absolute atomic E-state index is 14.1. The second-order valence-electron chi connectivity index (χ2n) is 17.0. The number of halogens is 3. The van der Waals surface area contributed by atoms with Crippen LogP contribution in [-0.2, 0) is 25.7 Å². The Bertz CT molecular complexity index is 2460. The van der Waals surface area contributed by atoms with Crippen LogP contribution in [0.15, 0.2) is 78.6 Å². The van der Waals surface area contributed by atoms with Crippen molar-refractivity contribution < 1.29 is 42.5 Å². The number of nitrogens with one attached hydrogen (secondary N) is 4. The summed E-state index contributed by atoms with van der Waals surface area (Å²) in [6, 6.07) is 14.6. The second-order valence-corrected chi connectivity index (χ2v) is 18.3. The van der Waals surface area contributed by atoms with E-state index < -0.39 is 46.9 Å². The third-order valence-electron chi connectivity index (χ3n) is 11.1. The van der Waals surface area contributed by atoms with E-state index in [9.17, 15) is 33.1 Å². The van der Waals surface area contributed by atoms with Crippen LogP contribution in [-0.4, -0.2) is 110 Å². The van der Waals surface area contributed by atoms with Gasteiger partial charge < -0.3 is 40.3 Å². The highest BCUT2D eigenvalue weighted by Gasteiger charge is 2.44. The number of pyridine rings is 1. The summed E-state index contributed by atoms with van der Waals surface area (Å²) in [5.74, 6) is -1.33. The van der Waals surface area contributed by atoms with Crippen molar-refractivity contribution in [2.45, 2.75) is 83.4 Å². The van der Waals surface area contributed by atoms with Gasteiger partial charge in [-0.15, -0.1) is 20.1 Å². The number of aromatic amines is 1. The zero-order chi connectivity index (χ0) is 46.5. The molecule has 0 unspecified atom stereocenters. The van der Waals surface area contributed by atoms with E-state index in [2.05, 4.69) is 40.9 Å². The lowest BCUT2D eigenvalue weighted by atomic mass is 9.85. The predicted octanol–water partition coefficient (Wildman–Crippen LogP) is 6.12. The van der Waals surface area contributed by atoms with Crippen molar-refractivity contribution in [3.8, 4) is 27.4 Å². The molecule has 4 atom stereocenters. The first kappa shape index (κ1) is 47.0. The summed E-state index contributed by atoms with van der Waals surface area (Å²) < 4.78 is 36.5. The predicted molar refractivity (Wildman–Crippen MR) is 240 cm³/mol. The van der Waals surface area contributed by atoms with E-state index in [0.717, 1.165) is 21.7 Å². The molecule has 65 heavy (non-hydrogen) atoms. The van der Waals surface area contributed by atoms with Gasteiger partial charge in [0.25, 0.3) is 5.91 Å². The van der Waals surface area contributed by atoms with Gasteiger partial charge in [0, 0.05) is 74.3 Å². The highest BCUT2D eigenvalue weighted by Crippen LogP contribution is 2.33. The molecule has 0 spiro atoms. The van der Waals surface area contributed by atoms with Gasteiger partial charge in [0.15, 0.2) is 0 Å². The number of carbonyl (C=O) groups is 4. The SMILES string of the molecule is Cc1ncsc1-c1ccc(CNC(=O)[C@@H]2C[C@@H](O)CN2C(=O)[C@@H](NC(=O)CCO[C@H]2CCN(c3ncc(C(=O)Nc4ccc(OC(F)(F)Cl)cc4)cc3-c3ccn[nH]3)C2)C(C)(C)C)cc1. The molecule has 7 rings (SSSR count). The van der Waals surface area contributed by atoms with E-state index in [0.29, 0.717) is 42.3 Å². The van der Waals surface area contributed by atoms with Crippen molar-refractivity contribution in [3.63, 3.8) is 0 Å². The second kappa shape index (κ2) is 20.0.